The van der Waals surface area contributed by atoms with Gasteiger partial charge in [-0.15, -0.1) is 0 Å². The van der Waals surface area contributed by atoms with Crippen LogP contribution in [0.2, 0.25) is 31.7 Å². The SMILES string of the molecule is CN1CCC[C@H]1C1CN(C(=O)C(C)(C)C)C=C[C@H]1[Si](C)(C)c1ccccc1.CN1CCC[C@H]1c1cnccc1[Si](C)(C)c1ccccc1.II. The summed E-state index contributed by atoms with van der Waals surface area (Å²) in [5.41, 5.74) is 1.67. The Hall–Kier alpha value is -1.39. The molecule has 4 atom stereocenters. The first-order valence-electron chi connectivity index (χ1n) is 18.3. The van der Waals surface area contributed by atoms with Gasteiger partial charge in [0.15, 0.2) is 0 Å². The van der Waals surface area contributed by atoms with Crippen LogP contribution in [0.25, 0.3) is 0 Å². The summed E-state index contributed by atoms with van der Waals surface area (Å²) in [4.78, 5) is 24.4. The van der Waals surface area contributed by atoms with Gasteiger partial charge in [0.2, 0.25) is 5.91 Å². The molecule has 2 fully saturated rings. The van der Waals surface area contributed by atoms with Crippen LogP contribution in [0.1, 0.15) is 58.1 Å². The second kappa shape index (κ2) is 18.1. The highest BCUT2D eigenvalue weighted by molar-refractivity contribution is 15.0. The average molecular weight is 935 g/mol. The molecule has 0 saturated carbocycles. The highest BCUT2D eigenvalue weighted by atomic mass is 128. The molecule has 1 amide bonds. The molecule has 272 valence electrons. The van der Waals surface area contributed by atoms with Crippen LogP contribution in [-0.2, 0) is 4.79 Å². The van der Waals surface area contributed by atoms with Crippen molar-refractivity contribution in [3.05, 3.63) is 97.0 Å². The quantitative estimate of drug-likeness (QED) is 0.184. The van der Waals surface area contributed by atoms with Crippen LogP contribution in [-0.4, -0.2) is 81.5 Å². The molecule has 9 heteroatoms. The second-order valence-electron chi connectivity index (χ2n) is 16.6. The number of hydrogen-bond donors (Lipinski definition) is 0. The van der Waals surface area contributed by atoms with Crippen LogP contribution in [0.15, 0.2) is 91.4 Å². The van der Waals surface area contributed by atoms with E-state index in [9.17, 15) is 4.79 Å². The van der Waals surface area contributed by atoms with Crippen LogP contribution in [0.5, 0.6) is 0 Å². The van der Waals surface area contributed by atoms with Gasteiger partial charge in [-0.3, -0.25) is 14.7 Å². The number of rotatable bonds is 6. The van der Waals surface area contributed by atoms with Crippen molar-refractivity contribution in [1.82, 2.24) is 19.7 Å². The Morgan fingerprint density at radius 1 is 0.820 bits per heavy atom. The highest BCUT2D eigenvalue weighted by Crippen LogP contribution is 2.42. The summed E-state index contributed by atoms with van der Waals surface area (Å²) in [5.74, 6) is 0.748. The first-order chi connectivity index (χ1) is 23.7. The number of amides is 1. The third-order valence-corrected chi connectivity index (χ3v) is 19.3. The largest absolute Gasteiger partial charge is 0.319 e. The second-order valence-corrected chi connectivity index (χ2v) is 25.7. The summed E-state index contributed by atoms with van der Waals surface area (Å²) < 4.78 is 0. The third kappa shape index (κ3) is 9.58. The van der Waals surface area contributed by atoms with Gasteiger partial charge < -0.3 is 9.80 Å². The normalized spacial score (nSPS) is 23.1. The summed E-state index contributed by atoms with van der Waals surface area (Å²) in [7, 11) is 1.14. The van der Waals surface area contributed by atoms with Crippen molar-refractivity contribution in [1.29, 1.82) is 0 Å². The minimum atomic E-state index is -1.70. The first kappa shape index (κ1) is 41.4. The lowest BCUT2D eigenvalue weighted by Gasteiger charge is -2.46. The van der Waals surface area contributed by atoms with E-state index < -0.39 is 16.1 Å². The zero-order valence-electron chi connectivity index (χ0n) is 31.9. The fraction of sp³-hybridized carbons (Fsp3) is 0.512. The number of benzene rings is 2. The number of hydrogen-bond acceptors (Lipinski definition) is 4. The van der Waals surface area contributed by atoms with Crippen LogP contribution in [0.3, 0.4) is 0 Å². The summed E-state index contributed by atoms with van der Waals surface area (Å²) in [6.45, 7) is 19.2. The molecule has 0 radical (unpaired) electrons. The fourth-order valence-electron chi connectivity index (χ4n) is 8.55. The van der Waals surface area contributed by atoms with E-state index in [4.69, 9.17) is 0 Å². The molecule has 0 N–H and O–H groups in total. The Bertz CT molecular complexity index is 1550. The van der Waals surface area contributed by atoms with Crippen molar-refractivity contribution in [2.24, 2.45) is 11.3 Å². The molecule has 3 aliphatic heterocycles. The smallest absolute Gasteiger partial charge is 0.231 e. The molecule has 3 aromatic rings. The van der Waals surface area contributed by atoms with E-state index in [1.54, 1.807) is 5.19 Å². The molecule has 1 unspecified atom stereocenters. The Balaban J connectivity index is 0.000000220. The number of halogens is 2. The van der Waals surface area contributed by atoms with Crippen molar-refractivity contribution in [3.8, 4) is 0 Å². The van der Waals surface area contributed by atoms with E-state index in [0.29, 0.717) is 23.5 Å². The summed E-state index contributed by atoms with van der Waals surface area (Å²) in [6, 6.07) is 25.4. The molecular weight excluding hydrogens is 874 g/mol. The van der Waals surface area contributed by atoms with Gasteiger partial charge >= 0.3 is 0 Å². The lowest BCUT2D eigenvalue weighted by molar-refractivity contribution is -0.137. The van der Waals surface area contributed by atoms with Gasteiger partial charge in [-0.25, -0.2) is 0 Å². The monoisotopic (exact) mass is 934 g/mol. The van der Waals surface area contributed by atoms with Crippen molar-refractivity contribution in [3.63, 3.8) is 0 Å². The van der Waals surface area contributed by atoms with E-state index in [0.717, 1.165) is 6.54 Å². The maximum atomic E-state index is 13.0. The number of carbonyl (C=O) groups is 1. The minimum Gasteiger partial charge on any atom is -0.319 e. The molecular formula is C41H60I2N4OSi2. The first-order valence-corrected chi connectivity index (χ1v) is 30.7. The van der Waals surface area contributed by atoms with Gasteiger partial charge in [0, 0.05) is 79.9 Å². The van der Waals surface area contributed by atoms with Gasteiger partial charge in [0.25, 0.3) is 0 Å². The molecule has 0 bridgehead atoms. The van der Waals surface area contributed by atoms with Gasteiger partial charge in [-0.05, 0) is 81.1 Å². The molecule has 0 aliphatic carbocycles. The van der Waals surface area contributed by atoms with Crippen molar-refractivity contribution >= 4 is 74.8 Å². The Morgan fingerprint density at radius 2 is 1.40 bits per heavy atom. The molecule has 50 heavy (non-hydrogen) atoms. The number of carbonyl (C=O) groups excluding carboxylic acids is 1. The number of allylic oxidation sites excluding steroid dienone is 1. The van der Waals surface area contributed by atoms with Crippen LogP contribution < -0.4 is 15.6 Å². The molecule has 1 aromatic heterocycles. The molecule has 0 spiro atoms. The van der Waals surface area contributed by atoms with Crippen molar-refractivity contribution in [2.45, 2.75) is 90.3 Å². The van der Waals surface area contributed by atoms with Crippen LogP contribution in [0.4, 0.5) is 0 Å². The zero-order chi connectivity index (χ0) is 36.7. The summed E-state index contributed by atoms with van der Waals surface area (Å²) in [6.07, 6.45) is 13.6. The minimum absolute atomic E-state index is 0.238. The van der Waals surface area contributed by atoms with E-state index in [1.807, 2.05) is 31.9 Å². The molecule has 3 aliphatic rings. The van der Waals surface area contributed by atoms with Crippen molar-refractivity contribution in [2.75, 3.05) is 33.7 Å². The van der Waals surface area contributed by atoms with E-state index in [-0.39, 0.29) is 11.3 Å². The van der Waals surface area contributed by atoms with E-state index in [1.165, 1.54) is 54.7 Å². The van der Waals surface area contributed by atoms with Crippen LogP contribution in [0, 0.1) is 11.3 Å². The predicted molar refractivity (Wildman–Crippen MR) is 237 cm³/mol. The average Bonchev–Trinajstić information content (AvgIpc) is 3.76. The van der Waals surface area contributed by atoms with E-state index >= 15 is 0 Å². The third-order valence-electron chi connectivity index (χ3n) is 11.6. The fourth-order valence-corrected chi connectivity index (χ4v) is 14.7. The standard InChI is InChI=1S/C23H36N2OSi.C18H24N2Si.I2/c1-23(2,3)22(26)25-16-14-21(19(17-25)20-13-10-15-24(20)4)27(5,6)18-11-8-7-9-12-18;1-20-13-7-10-17(20)16-14-19-12-11-18(16)21(2,3)15-8-5-4-6-9-15;1-2/h7-9,11-12,14,16,19-21H,10,13,15,17H2,1-6H3;4-6,8-9,11-12,14,17H,7,10,13H2,1-3H3;/t19?,20-,21+;17-;/m00./s1. The summed E-state index contributed by atoms with van der Waals surface area (Å²) in [5, 5.41) is 4.56. The Kier molecular flexibility index (Phi) is 15.0. The molecule has 4 heterocycles. The Labute approximate surface area is 329 Å². The topological polar surface area (TPSA) is 39.7 Å². The molecule has 5 nitrogen and oxygen atoms in total. The van der Waals surface area contributed by atoms with Gasteiger partial charge in [0.05, 0.1) is 8.07 Å². The maximum absolute atomic E-state index is 13.0. The molecule has 6 rings (SSSR count). The lowest BCUT2D eigenvalue weighted by atomic mass is 9.88. The van der Waals surface area contributed by atoms with Crippen LogP contribution >= 0.6 is 37.2 Å². The van der Waals surface area contributed by atoms with Gasteiger partial charge in [-0.1, -0.05) is 124 Å². The Morgan fingerprint density at radius 3 is 1.94 bits per heavy atom. The number of likely N-dealkylation sites (tertiary alicyclic amines) is 2. The maximum Gasteiger partial charge on any atom is 0.231 e. The number of nitrogens with zero attached hydrogens (tertiary/aromatic N) is 4. The van der Waals surface area contributed by atoms with Gasteiger partial charge in [0.1, 0.15) is 8.07 Å². The highest BCUT2D eigenvalue weighted by Gasteiger charge is 2.46. The predicted octanol–water partition coefficient (Wildman–Crippen LogP) is 8.53. The number of aromatic nitrogens is 1. The summed E-state index contributed by atoms with van der Waals surface area (Å²) >= 11 is 4.24. The van der Waals surface area contributed by atoms with Crippen molar-refractivity contribution < 1.29 is 4.79 Å². The number of pyridine rings is 1. The molecule has 2 saturated heterocycles. The molecule has 2 aromatic carbocycles. The zero-order valence-corrected chi connectivity index (χ0v) is 38.2. The lowest BCUT2D eigenvalue weighted by Crippen LogP contribution is -2.55. The van der Waals surface area contributed by atoms with Gasteiger partial charge in [-0.2, -0.15) is 0 Å². The van der Waals surface area contributed by atoms with E-state index in [2.05, 4.69) is 178 Å².